The average Bonchev–Trinajstić information content (AvgIpc) is 2.23. The van der Waals surface area contributed by atoms with E-state index in [9.17, 15) is 4.79 Å². The number of nitrogens with one attached hydrogen (secondary N) is 1. The topological polar surface area (TPSA) is 55.1 Å². The maximum atomic E-state index is 11.9. The fourth-order valence-corrected chi connectivity index (χ4v) is 1.21. The van der Waals surface area contributed by atoms with Crippen molar-refractivity contribution in [3.05, 3.63) is 23.8 Å². The van der Waals surface area contributed by atoms with Gasteiger partial charge in [-0.15, -0.1) is 0 Å². The van der Waals surface area contributed by atoms with E-state index < -0.39 is 0 Å². The molecule has 0 saturated carbocycles. The third-order valence-corrected chi connectivity index (χ3v) is 3.03. The molecule has 0 saturated heterocycles. The second kappa shape index (κ2) is 4.56. The summed E-state index contributed by atoms with van der Waals surface area (Å²) in [5.41, 5.74) is 7.91. The molecular formula is C13H20N2O. The number of hydrogen-bond acceptors (Lipinski definition) is 2. The van der Waals surface area contributed by atoms with Crippen molar-refractivity contribution in [1.82, 2.24) is 0 Å². The first-order chi connectivity index (χ1) is 7.36. The predicted octanol–water partition coefficient (Wildman–Crippen LogP) is 2.95. The van der Waals surface area contributed by atoms with Gasteiger partial charge in [-0.25, -0.2) is 0 Å². The van der Waals surface area contributed by atoms with Gasteiger partial charge in [0.25, 0.3) is 0 Å². The van der Waals surface area contributed by atoms with Gasteiger partial charge in [-0.2, -0.15) is 0 Å². The second-order valence-electron chi connectivity index (χ2n) is 4.76. The van der Waals surface area contributed by atoms with Crippen molar-refractivity contribution in [2.24, 2.45) is 5.41 Å². The number of aryl methyl sites for hydroxylation is 1. The first kappa shape index (κ1) is 12.6. The van der Waals surface area contributed by atoms with Crippen LogP contribution in [0.5, 0.6) is 0 Å². The molecule has 3 heteroatoms. The van der Waals surface area contributed by atoms with Crippen LogP contribution < -0.4 is 11.1 Å². The molecule has 0 unspecified atom stereocenters. The van der Waals surface area contributed by atoms with Gasteiger partial charge >= 0.3 is 0 Å². The van der Waals surface area contributed by atoms with E-state index in [1.54, 1.807) is 0 Å². The summed E-state index contributed by atoms with van der Waals surface area (Å²) in [6.07, 6.45) is 0.812. The Hall–Kier alpha value is -1.51. The van der Waals surface area contributed by atoms with Gasteiger partial charge in [-0.3, -0.25) is 4.79 Å². The van der Waals surface area contributed by atoms with Gasteiger partial charge in [0.1, 0.15) is 0 Å². The Morgan fingerprint density at radius 3 is 2.56 bits per heavy atom. The molecule has 16 heavy (non-hydrogen) atoms. The Morgan fingerprint density at radius 1 is 1.44 bits per heavy atom. The van der Waals surface area contributed by atoms with E-state index in [0.717, 1.165) is 23.4 Å². The number of anilines is 2. The minimum absolute atomic E-state index is 0.0409. The Kier molecular flexibility index (Phi) is 3.58. The summed E-state index contributed by atoms with van der Waals surface area (Å²) < 4.78 is 0. The SMILES string of the molecule is CCC(C)(C)C(=O)Nc1ccc(N)c(C)c1. The number of carbonyl (C=O) groups is 1. The Bertz CT molecular complexity index is 397. The van der Waals surface area contributed by atoms with Crippen LogP contribution in [0.15, 0.2) is 18.2 Å². The lowest BCUT2D eigenvalue weighted by Gasteiger charge is -2.21. The zero-order valence-corrected chi connectivity index (χ0v) is 10.4. The summed E-state index contributed by atoms with van der Waals surface area (Å²) in [7, 11) is 0. The Morgan fingerprint density at radius 2 is 2.06 bits per heavy atom. The van der Waals surface area contributed by atoms with Gasteiger partial charge in [0.15, 0.2) is 0 Å². The summed E-state index contributed by atoms with van der Waals surface area (Å²) in [4.78, 5) is 11.9. The van der Waals surface area contributed by atoms with Crippen molar-refractivity contribution in [3.8, 4) is 0 Å². The van der Waals surface area contributed by atoms with Gasteiger partial charge in [0.05, 0.1) is 0 Å². The zero-order valence-electron chi connectivity index (χ0n) is 10.4. The van der Waals surface area contributed by atoms with Crippen LogP contribution in [-0.4, -0.2) is 5.91 Å². The lowest BCUT2D eigenvalue weighted by molar-refractivity contribution is -0.124. The highest BCUT2D eigenvalue weighted by Gasteiger charge is 2.25. The maximum Gasteiger partial charge on any atom is 0.230 e. The highest BCUT2D eigenvalue weighted by molar-refractivity contribution is 5.95. The lowest BCUT2D eigenvalue weighted by Crippen LogP contribution is -2.30. The van der Waals surface area contributed by atoms with Crippen LogP contribution in [0.2, 0.25) is 0 Å². The zero-order chi connectivity index (χ0) is 12.3. The molecule has 0 atom stereocenters. The van der Waals surface area contributed by atoms with Gasteiger partial charge in [0, 0.05) is 16.8 Å². The van der Waals surface area contributed by atoms with Crippen molar-refractivity contribution in [1.29, 1.82) is 0 Å². The molecule has 1 rings (SSSR count). The molecule has 0 bridgehead atoms. The largest absolute Gasteiger partial charge is 0.399 e. The molecule has 1 aromatic carbocycles. The van der Waals surface area contributed by atoms with Crippen LogP contribution >= 0.6 is 0 Å². The normalized spacial score (nSPS) is 11.2. The number of hydrogen-bond donors (Lipinski definition) is 2. The molecule has 0 fully saturated rings. The quantitative estimate of drug-likeness (QED) is 0.769. The Balaban J connectivity index is 2.82. The van der Waals surface area contributed by atoms with E-state index >= 15 is 0 Å². The number of carbonyl (C=O) groups excluding carboxylic acids is 1. The van der Waals surface area contributed by atoms with E-state index in [4.69, 9.17) is 5.73 Å². The molecule has 1 aromatic rings. The lowest BCUT2D eigenvalue weighted by atomic mass is 9.89. The number of amides is 1. The van der Waals surface area contributed by atoms with E-state index in [0.29, 0.717) is 0 Å². The van der Waals surface area contributed by atoms with Crippen molar-refractivity contribution >= 4 is 17.3 Å². The summed E-state index contributed by atoms with van der Waals surface area (Å²) in [6, 6.07) is 5.52. The minimum atomic E-state index is -0.338. The van der Waals surface area contributed by atoms with Crippen molar-refractivity contribution in [2.75, 3.05) is 11.1 Å². The summed E-state index contributed by atoms with van der Waals surface area (Å²) >= 11 is 0. The first-order valence-corrected chi connectivity index (χ1v) is 5.54. The molecule has 0 heterocycles. The molecule has 3 nitrogen and oxygen atoms in total. The van der Waals surface area contributed by atoms with Crippen LogP contribution in [0, 0.1) is 12.3 Å². The van der Waals surface area contributed by atoms with E-state index in [-0.39, 0.29) is 11.3 Å². The molecular weight excluding hydrogens is 200 g/mol. The van der Waals surface area contributed by atoms with Crippen LogP contribution in [0.3, 0.4) is 0 Å². The molecule has 0 aliphatic rings. The second-order valence-corrected chi connectivity index (χ2v) is 4.76. The molecule has 1 amide bonds. The smallest absolute Gasteiger partial charge is 0.230 e. The monoisotopic (exact) mass is 220 g/mol. The summed E-state index contributed by atoms with van der Waals surface area (Å²) in [5.74, 6) is 0.0409. The molecule has 0 spiro atoms. The highest BCUT2D eigenvalue weighted by Crippen LogP contribution is 2.23. The number of rotatable bonds is 3. The van der Waals surface area contributed by atoms with Gasteiger partial charge in [-0.05, 0) is 37.1 Å². The van der Waals surface area contributed by atoms with E-state index in [1.165, 1.54) is 0 Å². The molecule has 88 valence electrons. The van der Waals surface area contributed by atoms with E-state index in [1.807, 2.05) is 45.9 Å². The first-order valence-electron chi connectivity index (χ1n) is 5.54. The highest BCUT2D eigenvalue weighted by atomic mass is 16.2. The van der Waals surface area contributed by atoms with Crippen LogP contribution in [0.1, 0.15) is 32.8 Å². The number of nitrogen functional groups attached to an aromatic ring is 1. The third-order valence-electron chi connectivity index (χ3n) is 3.03. The van der Waals surface area contributed by atoms with Gasteiger partial charge < -0.3 is 11.1 Å². The van der Waals surface area contributed by atoms with Crippen molar-refractivity contribution in [2.45, 2.75) is 34.1 Å². The number of nitrogens with two attached hydrogens (primary N) is 1. The fourth-order valence-electron chi connectivity index (χ4n) is 1.21. The average molecular weight is 220 g/mol. The standard InChI is InChI=1S/C13H20N2O/c1-5-13(3,4)12(16)15-10-6-7-11(14)9(2)8-10/h6-8H,5,14H2,1-4H3,(H,15,16). The summed E-state index contributed by atoms with van der Waals surface area (Å²) in [5, 5.41) is 2.91. The molecule has 0 aliphatic heterocycles. The summed E-state index contributed by atoms with van der Waals surface area (Å²) in [6.45, 7) is 7.81. The maximum absolute atomic E-state index is 11.9. The molecule has 0 aliphatic carbocycles. The van der Waals surface area contributed by atoms with Crippen LogP contribution in [0.4, 0.5) is 11.4 Å². The van der Waals surface area contributed by atoms with Crippen molar-refractivity contribution in [3.63, 3.8) is 0 Å². The predicted molar refractivity (Wildman–Crippen MR) is 68.3 cm³/mol. The Labute approximate surface area is 97.0 Å². The van der Waals surface area contributed by atoms with Crippen LogP contribution in [-0.2, 0) is 4.79 Å². The van der Waals surface area contributed by atoms with Crippen molar-refractivity contribution < 1.29 is 4.79 Å². The molecule has 0 radical (unpaired) electrons. The third kappa shape index (κ3) is 2.75. The fraction of sp³-hybridized carbons (Fsp3) is 0.462. The van der Waals surface area contributed by atoms with E-state index in [2.05, 4.69) is 5.32 Å². The molecule has 3 N–H and O–H groups in total. The van der Waals surface area contributed by atoms with Gasteiger partial charge in [0.2, 0.25) is 5.91 Å². The number of benzene rings is 1. The van der Waals surface area contributed by atoms with Crippen LogP contribution in [0.25, 0.3) is 0 Å². The molecule has 0 aromatic heterocycles. The van der Waals surface area contributed by atoms with Gasteiger partial charge in [-0.1, -0.05) is 20.8 Å². The minimum Gasteiger partial charge on any atom is -0.399 e.